The van der Waals surface area contributed by atoms with Gasteiger partial charge in [0.05, 0.1) is 0 Å². The van der Waals surface area contributed by atoms with Crippen LogP contribution in [0.25, 0.3) is 6.08 Å². The molecule has 0 aliphatic heterocycles. The van der Waals surface area contributed by atoms with Gasteiger partial charge in [-0.15, -0.1) is 0 Å². The second-order valence-corrected chi connectivity index (χ2v) is 4.03. The number of rotatable bonds is 7. The summed E-state index contributed by atoms with van der Waals surface area (Å²) in [5, 5.41) is 2.78. The highest BCUT2D eigenvalue weighted by Gasteiger charge is 1.95. The summed E-state index contributed by atoms with van der Waals surface area (Å²) in [7, 11) is 0. The fourth-order valence-corrected chi connectivity index (χ4v) is 1.46. The third kappa shape index (κ3) is 6.15. The zero-order valence-electron chi connectivity index (χ0n) is 10.4. The quantitative estimate of drug-likeness (QED) is 0.575. The van der Waals surface area contributed by atoms with Gasteiger partial charge in [-0.3, -0.25) is 4.79 Å². The van der Waals surface area contributed by atoms with Crippen LogP contribution in [0.1, 0.15) is 24.8 Å². The molecule has 0 unspecified atom stereocenters. The van der Waals surface area contributed by atoms with Gasteiger partial charge in [0.15, 0.2) is 0 Å². The summed E-state index contributed by atoms with van der Waals surface area (Å²) in [6, 6.07) is 5.98. The second kappa shape index (κ2) is 8.42. The van der Waals surface area contributed by atoms with Gasteiger partial charge in [-0.25, -0.2) is 4.39 Å². The van der Waals surface area contributed by atoms with Crippen molar-refractivity contribution in [2.45, 2.75) is 19.3 Å². The predicted molar refractivity (Wildman–Crippen MR) is 71.3 cm³/mol. The minimum atomic E-state index is -0.281. The SMILES string of the molecule is NCCCCCNC(=O)/C=C/c1ccc(F)cc1. The second-order valence-electron chi connectivity index (χ2n) is 4.03. The summed E-state index contributed by atoms with van der Waals surface area (Å²) >= 11 is 0. The van der Waals surface area contributed by atoms with Crippen molar-refractivity contribution in [2.24, 2.45) is 5.73 Å². The van der Waals surface area contributed by atoms with E-state index in [4.69, 9.17) is 5.73 Å². The molecule has 98 valence electrons. The van der Waals surface area contributed by atoms with E-state index in [9.17, 15) is 9.18 Å². The largest absolute Gasteiger partial charge is 0.353 e. The first kappa shape index (κ1) is 14.4. The Morgan fingerprint density at radius 2 is 1.94 bits per heavy atom. The molecule has 0 aliphatic carbocycles. The van der Waals surface area contributed by atoms with E-state index < -0.39 is 0 Å². The highest BCUT2D eigenvalue weighted by molar-refractivity contribution is 5.91. The van der Waals surface area contributed by atoms with Crippen LogP contribution in [0.15, 0.2) is 30.3 Å². The minimum absolute atomic E-state index is 0.132. The molecule has 4 heteroatoms. The van der Waals surface area contributed by atoms with E-state index in [0.29, 0.717) is 13.1 Å². The zero-order chi connectivity index (χ0) is 13.2. The first-order chi connectivity index (χ1) is 8.72. The molecular formula is C14H19FN2O. The molecule has 0 aromatic heterocycles. The topological polar surface area (TPSA) is 55.1 Å². The predicted octanol–water partition coefficient (Wildman–Crippen LogP) is 2.08. The average Bonchev–Trinajstić information content (AvgIpc) is 2.38. The Bertz CT molecular complexity index is 387. The summed E-state index contributed by atoms with van der Waals surface area (Å²) in [5.41, 5.74) is 6.17. The van der Waals surface area contributed by atoms with Gasteiger partial charge in [-0.05, 0) is 43.2 Å². The minimum Gasteiger partial charge on any atom is -0.353 e. The molecule has 1 rings (SSSR count). The van der Waals surface area contributed by atoms with Crippen LogP contribution in [0, 0.1) is 5.82 Å². The summed E-state index contributed by atoms with van der Waals surface area (Å²) in [6.45, 7) is 1.35. The molecule has 18 heavy (non-hydrogen) atoms. The Balaban J connectivity index is 2.25. The van der Waals surface area contributed by atoms with Crippen molar-refractivity contribution in [1.82, 2.24) is 5.32 Å². The number of carbonyl (C=O) groups is 1. The molecule has 0 heterocycles. The number of hydrogen-bond donors (Lipinski definition) is 2. The van der Waals surface area contributed by atoms with Gasteiger partial charge in [-0.2, -0.15) is 0 Å². The lowest BCUT2D eigenvalue weighted by atomic mass is 10.2. The summed E-state index contributed by atoms with van der Waals surface area (Å²) in [4.78, 5) is 11.4. The lowest BCUT2D eigenvalue weighted by molar-refractivity contribution is -0.116. The number of halogens is 1. The number of unbranched alkanes of at least 4 members (excludes halogenated alkanes) is 2. The van der Waals surface area contributed by atoms with E-state index in [1.54, 1.807) is 18.2 Å². The van der Waals surface area contributed by atoms with Gasteiger partial charge in [0.1, 0.15) is 5.82 Å². The van der Waals surface area contributed by atoms with E-state index in [1.807, 2.05) is 0 Å². The summed E-state index contributed by atoms with van der Waals surface area (Å²) in [6.07, 6.45) is 6.07. The van der Waals surface area contributed by atoms with E-state index in [2.05, 4.69) is 5.32 Å². The van der Waals surface area contributed by atoms with E-state index in [1.165, 1.54) is 18.2 Å². The van der Waals surface area contributed by atoms with Crippen molar-refractivity contribution in [3.05, 3.63) is 41.7 Å². The molecule has 0 atom stereocenters. The maximum Gasteiger partial charge on any atom is 0.243 e. The molecule has 0 saturated carbocycles. The van der Waals surface area contributed by atoms with Crippen LogP contribution in [0.2, 0.25) is 0 Å². The number of nitrogens with one attached hydrogen (secondary N) is 1. The van der Waals surface area contributed by atoms with Crippen LogP contribution in [-0.4, -0.2) is 19.0 Å². The fraction of sp³-hybridized carbons (Fsp3) is 0.357. The van der Waals surface area contributed by atoms with Crippen LogP contribution in [0.5, 0.6) is 0 Å². The third-order valence-corrected chi connectivity index (χ3v) is 2.48. The Morgan fingerprint density at radius 1 is 1.22 bits per heavy atom. The molecule has 0 saturated heterocycles. The summed E-state index contributed by atoms with van der Waals surface area (Å²) in [5.74, 6) is -0.413. The molecule has 3 N–H and O–H groups in total. The monoisotopic (exact) mass is 250 g/mol. The Hall–Kier alpha value is -1.68. The Morgan fingerprint density at radius 3 is 2.61 bits per heavy atom. The molecule has 0 bridgehead atoms. The van der Waals surface area contributed by atoms with Gasteiger partial charge >= 0.3 is 0 Å². The van der Waals surface area contributed by atoms with Crippen LogP contribution in [0.3, 0.4) is 0 Å². The standard InChI is InChI=1S/C14H19FN2O/c15-13-7-4-12(5-8-13)6-9-14(18)17-11-3-1-2-10-16/h4-9H,1-3,10-11,16H2,(H,17,18)/b9-6+. The number of amides is 1. The first-order valence-electron chi connectivity index (χ1n) is 6.14. The smallest absolute Gasteiger partial charge is 0.243 e. The maximum absolute atomic E-state index is 12.6. The number of hydrogen-bond acceptors (Lipinski definition) is 2. The van der Waals surface area contributed by atoms with Gasteiger partial charge in [0.2, 0.25) is 5.91 Å². The van der Waals surface area contributed by atoms with Crippen molar-refractivity contribution in [3.63, 3.8) is 0 Å². The number of benzene rings is 1. The van der Waals surface area contributed by atoms with Crippen molar-refractivity contribution in [2.75, 3.05) is 13.1 Å². The van der Waals surface area contributed by atoms with Gasteiger partial charge in [0.25, 0.3) is 0 Å². The zero-order valence-corrected chi connectivity index (χ0v) is 10.4. The van der Waals surface area contributed by atoms with Crippen molar-refractivity contribution in [1.29, 1.82) is 0 Å². The Kier molecular flexibility index (Phi) is 6.72. The van der Waals surface area contributed by atoms with E-state index >= 15 is 0 Å². The molecule has 0 aliphatic rings. The molecule has 3 nitrogen and oxygen atoms in total. The van der Waals surface area contributed by atoms with Gasteiger partial charge < -0.3 is 11.1 Å². The number of nitrogens with two attached hydrogens (primary N) is 1. The van der Waals surface area contributed by atoms with Gasteiger partial charge in [0, 0.05) is 12.6 Å². The van der Waals surface area contributed by atoms with Crippen LogP contribution in [-0.2, 0) is 4.79 Å². The summed E-state index contributed by atoms with van der Waals surface area (Å²) < 4.78 is 12.6. The molecule has 1 aromatic rings. The van der Waals surface area contributed by atoms with Crippen LogP contribution < -0.4 is 11.1 Å². The molecule has 1 aromatic carbocycles. The highest BCUT2D eigenvalue weighted by Crippen LogP contribution is 2.04. The highest BCUT2D eigenvalue weighted by atomic mass is 19.1. The molecule has 0 radical (unpaired) electrons. The lowest BCUT2D eigenvalue weighted by Gasteiger charge is -2.01. The van der Waals surface area contributed by atoms with E-state index in [-0.39, 0.29) is 11.7 Å². The lowest BCUT2D eigenvalue weighted by Crippen LogP contribution is -2.22. The normalized spacial score (nSPS) is 10.8. The van der Waals surface area contributed by atoms with Crippen LogP contribution in [0.4, 0.5) is 4.39 Å². The fourth-order valence-electron chi connectivity index (χ4n) is 1.46. The van der Waals surface area contributed by atoms with Gasteiger partial charge in [-0.1, -0.05) is 18.6 Å². The molecular weight excluding hydrogens is 231 g/mol. The molecule has 0 spiro atoms. The van der Waals surface area contributed by atoms with Crippen molar-refractivity contribution in [3.8, 4) is 0 Å². The van der Waals surface area contributed by atoms with Crippen LogP contribution >= 0.6 is 0 Å². The van der Waals surface area contributed by atoms with Crippen molar-refractivity contribution < 1.29 is 9.18 Å². The van der Waals surface area contributed by atoms with Crippen molar-refractivity contribution >= 4 is 12.0 Å². The van der Waals surface area contributed by atoms with E-state index in [0.717, 1.165) is 24.8 Å². The third-order valence-electron chi connectivity index (χ3n) is 2.48. The Labute approximate surface area is 107 Å². The number of carbonyl (C=O) groups excluding carboxylic acids is 1. The molecule has 1 amide bonds. The molecule has 0 fully saturated rings. The average molecular weight is 250 g/mol. The maximum atomic E-state index is 12.6. The first-order valence-corrected chi connectivity index (χ1v) is 6.14.